The van der Waals surface area contributed by atoms with Crippen molar-refractivity contribution in [1.29, 1.82) is 0 Å². The molecular weight excluding hydrogens is 560 g/mol. The summed E-state index contributed by atoms with van der Waals surface area (Å²) in [6.07, 6.45) is 2.59. The molecule has 0 aliphatic carbocycles. The molecule has 12 heteroatoms. The van der Waals surface area contributed by atoms with E-state index < -0.39 is 9.91 Å². The van der Waals surface area contributed by atoms with Gasteiger partial charge in [0.05, 0.1) is 6.20 Å². The molecule has 0 aliphatic heterocycles. The molecule has 4 aromatic rings. The standard InChI is InChI=1S/2C10H10BrF2N3/c1-7-3-4-8(2)16(7)9-5-6-15(14-9)10(11,12)13;1-7-3-4-8(2)15(7)9-5-6-14-16(9)10(11,12)13/h2*3-6H,1-2H3. The molecule has 0 saturated carbocycles. The lowest BCUT2D eigenvalue weighted by atomic mass is 10.5. The molecule has 0 spiro atoms. The fraction of sp³-hybridized carbons (Fsp3) is 0.300. The van der Waals surface area contributed by atoms with Gasteiger partial charge in [-0.2, -0.15) is 32.0 Å². The number of aromatic nitrogens is 6. The van der Waals surface area contributed by atoms with E-state index in [1.165, 1.54) is 12.4 Å². The minimum absolute atomic E-state index is 0.335. The summed E-state index contributed by atoms with van der Waals surface area (Å²) in [6, 6.07) is 10.7. The smallest absolute Gasteiger partial charge is 0.303 e. The molecule has 172 valence electrons. The highest BCUT2D eigenvalue weighted by Gasteiger charge is 2.31. The van der Waals surface area contributed by atoms with Gasteiger partial charge in [-0.3, -0.25) is 0 Å². The summed E-state index contributed by atoms with van der Waals surface area (Å²) in [5.74, 6) is 0.820. The molecule has 6 nitrogen and oxygen atoms in total. The van der Waals surface area contributed by atoms with E-state index in [1.54, 1.807) is 16.7 Å². The third-order valence-corrected chi connectivity index (χ3v) is 5.40. The lowest BCUT2D eigenvalue weighted by Gasteiger charge is -2.15. The van der Waals surface area contributed by atoms with E-state index in [9.17, 15) is 17.6 Å². The Kier molecular flexibility index (Phi) is 6.75. The van der Waals surface area contributed by atoms with Crippen LogP contribution in [0.1, 0.15) is 22.8 Å². The van der Waals surface area contributed by atoms with Gasteiger partial charge in [-0.25, -0.2) is 0 Å². The second-order valence-electron chi connectivity index (χ2n) is 7.06. The van der Waals surface area contributed by atoms with E-state index in [-0.39, 0.29) is 0 Å². The van der Waals surface area contributed by atoms with Gasteiger partial charge in [-0.15, -0.1) is 5.10 Å². The van der Waals surface area contributed by atoms with Crippen molar-refractivity contribution >= 4 is 31.9 Å². The Morgan fingerprint density at radius 3 is 1.66 bits per heavy atom. The minimum atomic E-state index is -3.19. The molecule has 4 rings (SSSR count). The molecule has 0 bridgehead atoms. The molecule has 0 N–H and O–H groups in total. The summed E-state index contributed by atoms with van der Waals surface area (Å²) in [6.45, 7) is 7.52. The lowest BCUT2D eigenvalue weighted by Crippen LogP contribution is -2.20. The SMILES string of the molecule is Cc1ccc(C)n1-c1ccn(C(F)(F)Br)n1.Cc1ccc(C)n1-c1ccnn1C(F)(F)Br. The summed E-state index contributed by atoms with van der Waals surface area (Å²) in [4.78, 5) is -6.34. The maximum absolute atomic E-state index is 13.2. The molecular formula is C20H20Br2F4N6. The van der Waals surface area contributed by atoms with E-state index >= 15 is 0 Å². The fourth-order valence-electron chi connectivity index (χ4n) is 3.30. The number of rotatable bonds is 4. The van der Waals surface area contributed by atoms with Crippen LogP contribution in [0.5, 0.6) is 0 Å². The maximum Gasteiger partial charge on any atom is 0.402 e. The number of aryl methyl sites for hydroxylation is 4. The molecule has 4 aromatic heterocycles. The number of halogens is 6. The number of hydrogen-bond acceptors (Lipinski definition) is 2. The first-order valence-electron chi connectivity index (χ1n) is 9.35. The summed E-state index contributed by atoms with van der Waals surface area (Å²) in [5, 5.41) is 7.45. The third kappa shape index (κ3) is 5.01. The molecule has 0 atom stereocenters. The van der Waals surface area contributed by atoms with Gasteiger partial charge in [0.15, 0.2) is 5.82 Å². The van der Waals surface area contributed by atoms with Crippen LogP contribution in [0.25, 0.3) is 11.6 Å². The van der Waals surface area contributed by atoms with E-state index in [1.807, 2.05) is 56.5 Å². The highest BCUT2D eigenvalue weighted by molar-refractivity contribution is 9.09. The first-order valence-corrected chi connectivity index (χ1v) is 10.9. The van der Waals surface area contributed by atoms with Crippen LogP contribution < -0.4 is 0 Å². The van der Waals surface area contributed by atoms with Gasteiger partial charge in [0.2, 0.25) is 0 Å². The Morgan fingerprint density at radius 2 is 1.22 bits per heavy atom. The van der Waals surface area contributed by atoms with Gasteiger partial charge in [0, 0.05) is 73.0 Å². The van der Waals surface area contributed by atoms with Gasteiger partial charge in [0.1, 0.15) is 5.82 Å². The van der Waals surface area contributed by atoms with Crippen molar-refractivity contribution in [3.63, 3.8) is 0 Å². The van der Waals surface area contributed by atoms with Crippen molar-refractivity contribution in [3.05, 3.63) is 71.6 Å². The average molecular weight is 580 g/mol. The zero-order valence-electron chi connectivity index (χ0n) is 17.6. The molecule has 0 radical (unpaired) electrons. The molecule has 4 heterocycles. The van der Waals surface area contributed by atoms with E-state index in [0.29, 0.717) is 21.0 Å². The molecule has 0 aliphatic rings. The van der Waals surface area contributed by atoms with Crippen LogP contribution in [0, 0.1) is 27.7 Å². The Balaban J connectivity index is 0.000000181. The fourth-order valence-corrected chi connectivity index (χ4v) is 3.77. The molecule has 32 heavy (non-hydrogen) atoms. The predicted molar refractivity (Wildman–Crippen MR) is 120 cm³/mol. The van der Waals surface area contributed by atoms with Gasteiger partial charge in [0.25, 0.3) is 0 Å². The summed E-state index contributed by atoms with van der Waals surface area (Å²) in [7, 11) is 0. The monoisotopic (exact) mass is 578 g/mol. The normalized spacial score (nSPS) is 12.1. The topological polar surface area (TPSA) is 45.5 Å². The van der Waals surface area contributed by atoms with Crippen molar-refractivity contribution in [1.82, 2.24) is 28.7 Å². The van der Waals surface area contributed by atoms with Crippen LogP contribution in [-0.2, 0) is 9.91 Å². The van der Waals surface area contributed by atoms with Crippen LogP contribution in [0.2, 0.25) is 0 Å². The second-order valence-corrected chi connectivity index (χ2v) is 8.97. The predicted octanol–water partition coefficient (Wildman–Crippen LogP) is 6.38. The van der Waals surface area contributed by atoms with Crippen LogP contribution in [0.4, 0.5) is 17.6 Å². The Bertz CT molecular complexity index is 1170. The van der Waals surface area contributed by atoms with Gasteiger partial charge in [-0.05, 0) is 52.0 Å². The molecule has 0 fully saturated rings. The first-order chi connectivity index (χ1) is 14.8. The van der Waals surface area contributed by atoms with Gasteiger partial charge < -0.3 is 9.13 Å². The Labute approximate surface area is 198 Å². The highest BCUT2D eigenvalue weighted by atomic mass is 79.9. The molecule has 0 saturated heterocycles. The minimum Gasteiger partial charge on any atom is -0.303 e. The Morgan fingerprint density at radius 1 is 0.719 bits per heavy atom. The van der Waals surface area contributed by atoms with Crippen molar-refractivity contribution < 1.29 is 17.6 Å². The van der Waals surface area contributed by atoms with Crippen LogP contribution >= 0.6 is 31.9 Å². The molecule has 0 aromatic carbocycles. The molecule has 0 unspecified atom stereocenters. The number of nitrogens with zero attached hydrogens (tertiary/aromatic N) is 6. The van der Waals surface area contributed by atoms with Crippen molar-refractivity contribution in [3.8, 4) is 11.6 Å². The van der Waals surface area contributed by atoms with E-state index in [0.717, 1.165) is 22.8 Å². The lowest BCUT2D eigenvalue weighted by molar-refractivity contribution is 0.0194. The van der Waals surface area contributed by atoms with Crippen molar-refractivity contribution in [2.75, 3.05) is 0 Å². The summed E-state index contributed by atoms with van der Waals surface area (Å²) >= 11 is 4.56. The summed E-state index contributed by atoms with van der Waals surface area (Å²) < 4.78 is 57.0. The van der Waals surface area contributed by atoms with Crippen molar-refractivity contribution in [2.45, 2.75) is 37.6 Å². The van der Waals surface area contributed by atoms with Crippen LogP contribution in [0.15, 0.2) is 48.8 Å². The molecule has 0 amide bonds. The highest BCUT2D eigenvalue weighted by Crippen LogP contribution is 2.31. The van der Waals surface area contributed by atoms with Gasteiger partial charge in [-0.1, -0.05) is 0 Å². The number of alkyl halides is 6. The van der Waals surface area contributed by atoms with Crippen LogP contribution in [0.3, 0.4) is 0 Å². The maximum atomic E-state index is 13.2. The van der Waals surface area contributed by atoms with Crippen LogP contribution in [-0.4, -0.2) is 28.7 Å². The zero-order valence-corrected chi connectivity index (χ0v) is 20.7. The van der Waals surface area contributed by atoms with Crippen molar-refractivity contribution in [2.24, 2.45) is 0 Å². The van der Waals surface area contributed by atoms with Gasteiger partial charge >= 0.3 is 9.91 Å². The van der Waals surface area contributed by atoms with E-state index in [2.05, 4.69) is 42.1 Å². The Hall–Kier alpha value is -2.34. The third-order valence-electron chi connectivity index (χ3n) is 4.70. The zero-order chi connectivity index (χ0) is 23.8. The average Bonchev–Trinajstić information content (AvgIpc) is 3.43. The summed E-state index contributed by atoms with van der Waals surface area (Å²) in [5.41, 5.74) is 3.69. The quantitative estimate of drug-likeness (QED) is 0.208. The van der Waals surface area contributed by atoms with E-state index in [4.69, 9.17) is 0 Å². The second kappa shape index (κ2) is 8.89. The largest absolute Gasteiger partial charge is 0.402 e. The first kappa shape index (κ1) is 24.3. The number of hydrogen-bond donors (Lipinski definition) is 0.